The molecular formula is C13H12N2O. The van der Waals surface area contributed by atoms with Crippen LogP contribution in [0.25, 0.3) is 11.3 Å². The Morgan fingerprint density at radius 1 is 1.12 bits per heavy atom. The highest BCUT2D eigenvalue weighted by Crippen LogP contribution is 2.19. The number of anilines is 1. The number of rotatable bonds is 3. The summed E-state index contributed by atoms with van der Waals surface area (Å²) < 4.78 is 0. The van der Waals surface area contributed by atoms with Gasteiger partial charge in [-0.05, 0) is 30.7 Å². The highest BCUT2D eigenvalue weighted by molar-refractivity contribution is 5.73. The smallest absolute Gasteiger partial charge is 0.211 e. The first-order valence-electron chi connectivity index (χ1n) is 5.03. The lowest BCUT2D eigenvalue weighted by Crippen LogP contribution is -1.93. The standard InChI is InChI=1S/C13H12N2O/c1-10-2-7-13(14-8-10)11-3-5-12(6-4-11)15-9-16/h2-9H,1H3,(H,15,16). The van der Waals surface area contributed by atoms with E-state index in [9.17, 15) is 4.79 Å². The lowest BCUT2D eigenvalue weighted by molar-refractivity contribution is -0.105. The number of benzene rings is 1. The third kappa shape index (κ3) is 2.25. The first-order chi connectivity index (χ1) is 7.79. The molecule has 0 spiro atoms. The topological polar surface area (TPSA) is 42.0 Å². The number of nitrogens with one attached hydrogen (secondary N) is 1. The molecular weight excluding hydrogens is 200 g/mol. The van der Waals surface area contributed by atoms with Crippen molar-refractivity contribution in [2.75, 3.05) is 5.32 Å². The fraction of sp³-hybridized carbons (Fsp3) is 0.0769. The average Bonchev–Trinajstić information content (AvgIpc) is 2.32. The van der Waals surface area contributed by atoms with Gasteiger partial charge in [-0.1, -0.05) is 18.2 Å². The second-order valence-corrected chi connectivity index (χ2v) is 3.56. The van der Waals surface area contributed by atoms with Crippen LogP contribution in [0.2, 0.25) is 0 Å². The third-order valence-electron chi connectivity index (χ3n) is 2.32. The van der Waals surface area contributed by atoms with E-state index in [1.807, 2.05) is 49.5 Å². The molecule has 3 heteroatoms. The van der Waals surface area contributed by atoms with Gasteiger partial charge in [0, 0.05) is 17.4 Å². The number of pyridine rings is 1. The molecule has 80 valence electrons. The molecule has 0 unspecified atom stereocenters. The molecule has 2 rings (SSSR count). The van der Waals surface area contributed by atoms with Crippen LogP contribution in [0.3, 0.4) is 0 Å². The van der Waals surface area contributed by atoms with Gasteiger partial charge in [-0.25, -0.2) is 0 Å². The van der Waals surface area contributed by atoms with Crippen LogP contribution in [0.4, 0.5) is 5.69 Å². The number of nitrogens with zero attached hydrogens (tertiary/aromatic N) is 1. The summed E-state index contributed by atoms with van der Waals surface area (Å²) in [4.78, 5) is 14.6. The normalized spacial score (nSPS) is 9.81. The molecule has 1 heterocycles. The Bertz CT molecular complexity index is 474. The van der Waals surface area contributed by atoms with Crippen LogP contribution in [0.5, 0.6) is 0 Å². The maximum absolute atomic E-state index is 10.2. The lowest BCUT2D eigenvalue weighted by atomic mass is 10.1. The minimum Gasteiger partial charge on any atom is -0.329 e. The van der Waals surface area contributed by atoms with E-state index in [4.69, 9.17) is 0 Å². The number of carbonyl (C=O) groups is 1. The zero-order valence-corrected chi connectivity index (χ0v) is 8.97. The minimum absolute atomic E-state index is 0.666. The Morgan fingerprint density at radius 2 is 1.88 bits per heavy atom. The van der Waals surface area contributed by atoms with E-state index in [0.29, 0.717) is 6.41 Å². The Labute approximate surface area is 94.1 Å². The second-order valence-electron chi connectivity index (χ2n) is 3.56. The third-order valence-corrected chi connectivity index (χ3v) is 2.32. The molecule has 0 aliphatic heterocycles. The van der Waals surface area contributed by atoms with Crippen LogP contribution >= 0.6 is 0 Å². The van der Waals surface area contributed by atoms with Gasteiger partial charge < -0.3 is 5.32 Å². The van der Waals surface area contributed by atoms with Crippen LogP contribution in [0.1, 0.15) is 5.56 Å². The summed E-state index contributed by atoms with van der Waals surface area (Å²) in [5.41, 5.74) is 3.90. The largest absolute Gasteiger partial charge is 0.329 e. The van der Waals surface area contributed by atoms with Crippen LogP contribution in [0, 0.1) is 6.92 Å². The van der Waals surface area contributed by atoms with Crippen molar-refractivity contribution in [2.45, 2.75) is 6.92 Å². The zero-order chi connectivity index (χ0) is 11.4. The van der Waals surface area contributed by atoms with E-state index in [-0.39, 0.29) is 0 Å². The molecule has 1 aromatic carbocycles. The van der Waals surface area contributed by atoms with Gasteiger partial charge in [0.25, 0.3) is 0 Å². The predicted molar refractivity (Wildman–Crippen MR) is 64.1 cm³/mol. The van der Waals surface area contributed by atoms with Gasteiger partial charge >= 0.3 is 0 Å². The number of aromatic nitrogens is 1. The fourth-order valence-electron chi connectivity index (χ4n) is 1.44. The average molecular weight is 212 g/mol. The molecule has 1 aromatic heterocycles. The van der Waals surface area contributed by atoms with Crippen molar-refractivity contribution in [3.05, 3.63) is 48.2 Å². The summed E-state index contributed by atoms with van der Waals surface area (Å²) in [5, 5.41) is 2.59. The maximum Gasteiger partial charge on any atom is 0.211 e. The van der Waals surface area contributed by atoms with Crippen molar-refractivity contribution in [1.82, 2.24) is 4.98 Å². The summed E-state index contributed by atoms with van der Waals surface area (Å²) in [7, 11) is 0. The van der Waals surface area contributed by atoms with Crippen molar-refractivity contribution >= 4 is 12.1 Å². The Morgan fingerprint density at radius 3 is 2.44 bits per heavy atom. The maximum atomic E-state index is 10.2. The van der Waals surface area contributed by atoms with Gasteiger partial charge in [0.2, 0.25) is 6.41 Å². The monoisotopic (exact) mass is 212 g/mol. The van der Waals surface area contributed by atoms with Gasteiger partial charge in [-0.3, -0.25) is 9.78 Å². The molecule has 1 amide bonds. The molecule has 16 heavy (non-hydrogen) atoms. The Hall–Kier alpha value is -2.16. The molecule has 0 aliphatic carbocycles. The van der Waals surface area contributed by atoms with E-state index in [1.165, 1.54) is 0 Å². The summed E-state index contributed by atoms with van der Waals surface area (Å²) in [6.45, 7) is 2.01. The molecule has 0 fully saturated rings. The van der Waals surface area contributed by atoms with Gasteiger partial charge in [0.15, 0.2) is 0 Å². The highest BCUT2D eigenvalue weighted by atomic mass is 16.1. The Balaban J connectivity index is 2.27. The quantitative estimate of drug-likeness (QED) is 0.794. The van der Waals surface area contributed by atoms with Crippen LogP contribution in [0.15, 0.2) is 42.6 Å². The molecule has 3 nitrogen and oxygen atoms in total. The van der Waals surface area contributed by atoms with Gasteiger partial charge in [0.05, 0.1) is 5.69 Å². The van der Waals surface area contributed by atoms with Crippen molar-refractivity contribution in [1.29, 1.82) is 0 Å². The first-order valence-corrected chi connectivity index (χ1v) is 5.03. The molecule has 0 radical (unpaired) electrons. The second kappa shape index (κ2) is 4.57. The van der Waals surface area contributed by atoms with Crippen molar-refractivity contribution < 1.29 is 4.79 Å². The number of aryl methyl sites for hydroxylation is 1. The van der Waals surface area contributed by atoms with E-state index in [2.05, 4.69) is 10.3 Å². The molecule has 0 aliphatic rings. The van der Waals surface area contributed by atoms with E-state index >= 15 is 0 Å². The molecule has 0 atom stereocenters. The lowest BCUT2D eigenvalue weighted by Gasteiger charge is -2.03. The Kier molecular flexibility index (Phi) is 2.96. The summed E-state index contributed by atoms with van der Waals surface area (Å²) in [6, 6.07) is 11.6. The van der Waals surface area contributed by atoms with Gasteiger partial charge in [-0.2, -0.15) is 0 Å². The minimum atomic E-state index is 0.666. The van der Waals surface area contributed by atoms with Crippen LogP contribution in [-0.4, -0.2) is 11.4 Å². The highest BCUT2D eigenvalue weighted by Gasteiger charge is 1.98. The number of hydrogen-bond donors (Lipinski definition) is 1. The SMILES string of the molecule is Cc1ccc(-c2ccc(NC=O)cc2)nc1. The molecule has 0 saturated heterocycles. The van der Waals surface area contributed by atoms with Crippen molar-refractivity contribution in [3.8, 4) is 11.3 Å². The van der Waals surface area contributed by atoms with Gasteiger partial charge in [-0.15, -0.1) is 0 Å². The summed E-state index contributed by atoms with van der Waals surface area (Å²) in [5.74, 6) is 0. The number of carbonyl (C=O) groups excluding carboxylic acids is 1. The summed E-state index contributed by atoms with van der Waals surface area (Å²) >= 11 is 0. The molecule has 0 saturated carbocycles. The van der Waals surface area contributed by atoms with Crippen molar-refractivity contribution in [2.24, 2.45) is 0 Å². The molecule has 0 bridgehead atoms. The molecule has 2 aromatic rings. The number of hydrogen-bond acceptors (Lipinski definition) is 2. The van der Waals surface area contributed by atoms with E-state index < -0.39 is 0 Å². The zero-order valence-electron chi connectivity index (χ0n) is 8.97. The molecule has 1 N–H and O–H groups in total. The van der Waals surface area contributed by atoms with E-state index in [1.54, 1.807) is 0 Å². The summed E-state index contributed by atoms with van der Waals surface area (Å²) in [6.07, 6.45) is 2.51. The van der Waals surface area contributed by atoms with Crippen LogP contribution in [-0.2, 0) is 4.79 Å². The van der Waals surface area contributed by atoms with Gasteiger partial charge in [0.1, 0.15) is 0 Å². The number of amides is 1. The van der Waals surface area contributed by atoms with Crippen LogP contribution < -0.4 is 5.32 Å². The predicted octanol–water partition coefficient (Wildman–Crippen LogP) is 2.63. The van der Waals surface area contributed by atoms with E-state index in [0.717, 1.165) is 22.5 Å². The fourth-order valence-corrected chi connectivity index (χ4v) is 1.44. The van der Waals surface area contributed by atoms with Crippen molar-refractivity contribution in [3.63, 3.8) is 0 Å². The first kappa shape index (κ1) is 10.4.